The lowest BCUT2D eigenvalue weighted by molar-refractivity contribution is 0.261. The fourth-order valence-electron chi connectivity index (χ4n) is 2.03. The normalized spacial score (nSPS) is 12.8. The van der Waals surface area contributed by atoms with Crippen LogP contribution < -0.4 is 11.1 Å². The van der Waals surface area contributed by atoms with Gasteiger partial charge in [-0.1, -0.05) is 6.92 Å². The van der Waals surface area contributed by atoms with Crippen molar-refractivity contribution in [2.75, 3.05) is 31.2 Å². The Morgan fingerprint density at radius 1 is 1.48 bits per heavy atom. The lowest BCUT2D eigenvalue weighted by Gasteiger charge is -2.23. The number of aryl methyl sites for hydroxylation is 1. The third-order valence-electron chi connectivity index (χ3n) is 3.69. The summed E-state index contributed by atoms with van der Waals surface area (Å²) < 4.78 is 4.26. The van der Waals surface area contributed by atoms with Crippen molar-refractivity contribution in [2.45, 2.75) is 33.2 Å². The van der Waals surface area contributed by atoms with E-state index in [0.29, 0.717) is 11.9 Å². The minimum Gasteiger partial charge on any atom is -0.382 e. The summed E-state index contributed by atoms with van der Waals surface area (Å²) in [6, 6.07) is 0.596. The molecule has 1 unspecified atom stereocenters. The first-order valence-electron chi connectivity index (χ1n) is 7.14. The van der Waals surface area contributed by atoms with E-state index in [-0.39, 0.29) is 0 Å². The average molecular weight is 326 g/mol. The first kappa shape index (κ1) is 16.2. The molecule has 2 aromatic rings. The molecule has 2 heterocycles. The Labute approximate surface area is 134 Å². The van der Waals surface area contributed by atoms with Crippen LogP contribution in [-0.4, -0.2) is 40.4 Å². The minimum absolute atomic E-state index is 0.558. The van der Waals surface area contributed by atoms with Crippen LogP contribution in [0.15, 0.2) is 5.38 Å². The highest BCUT2D eigenvalue weighted by molar-refractivity contribution is 7.11. The van der Waals surface area contributed by atoms with Gasteiger partial charge in [-0.05, 0) is 38.8 Å². The number of thiazole rings is 1. The molecule has 0 aliphatic carbocycles. The number of rotatable bonds is 7. The topological polar surface area (TPSA) is 67.1 Å². The second-order valence-corrected chi connectivity index (χ2v) is 7.02. The second kappa shape index (κ2) is 7.20. The van der Waals surface area contributed by atoms with Crippen LogP contribution in [0.25, 0.3) is 11.3 Å². The summed E-state index contributed by atoms with van der Waals surface area (Å²) >= 11 is 3.04. The van der Waals surface area contributed by atoms with Crippen LogP contribution in [-0.2, 0) is 0 Å². The minimum atomic E-state index is 0.558. The molecule has 0 fully saturated rings. The van der Waals surface area contributed by atoms with Crippen LogP contribution >= 0.6 is 22.9 Å². The number of nitrogens with zero attached hydrogens (tertiary/aromatic N) is 3. The Morgan fingerprint density at radius 2 is 2.24 bits per heavy atom. The van der Waals surface area contributed by atoms with Gasteiger partial charge in [-0.15, -0.1) is 11.3 Å². The Kier molecular flexibility index (Phi) is 5.55. The van der Waals surface area contributed by atoms with Gasteiger partial charge in [0, 0.05) is 24.5 Å². The zero-order chi connectivity index (χ0) is 15.4. The van der Waals surface area contributed by atoms with Gasteiger partial charge in [-0.3, -0.25) is 0 Å². The molecule has 7 heteroatoms. The van der Waals surface area contributed by atoms with Crippen molar-refractivity contribution in [3.63, 3.8) is 0 Å². The molecule has 2 rings (SSSR count). The summed E-state index contributed by atoms with van der Waals surface area (Å²) in [7, 11) is 2.15. The van der Waals surface area contributed by atoms with Gasteiger partial charge in [0.25, 0.3) is 0 Å². The lowest BCUT2D eigenvalue weighted by Crippen LogP contribution is -2.32. The van der Waals surface area contributed by atoms with E-state index in [9.17, 15) is 0 Å². The molecule has 21 heavy (non-hydrogen) atoms. The largest absolute Gasteiger partial charge is 0.382 e. The summed E-state index contributed by atoms with van der Waals surface area (Å²) in [5.41, 5.74) is 7.86. The van der Waals surface area contributed by atoms with E-state index in [1.165, 1.54) is 11.5 Å². The van der Waals surface area contributed by atoms with Gasteiger partial charge in [0.2, 0.25) is 0 Å². The lowest BCUT2D eigenvalue weighted by atomic mass is 10.2. The first-order chi connectivity index (χ1) is 10.0. The van der Waals surface area contributed by atoms with Crippen molar-refractivity contribution in [3.05, 3.63) is 10.4 Å². The molecule has 0 aliphatic heterocycles. The molecule has 0 spiro atoms. The van der Waals surface area contributed by atoms with Gasteiger partial charge in [0.05, 0.1) is 16.3 Å². The zero-order valence-electron chi connectivity index (χ0n) is 13.0. The Bertz CT molecular complexity index is 578. The molecule has 0 aliphatic rings. The Hall–Kier alpha value is -1.18. The number of nitrogens with two attached hydrogens (primary N) is 1. The van der Waals surface area contributed by atoms with E-state index >= 15 is 0 Å². The number of hydrogen-bond donors (Lipinski definition) is 2. The standard InChI is InChI=1S/C14H23N5S2/c1-5-9(2)19(4)7-6-16-14-12(13(15)18-21-14)11-8-20-10(3)17-11/h8-9,16H,5-7H2,1-4H3,(H2,15,18). The number of anilines is 2. The number of aromatic nitrogens is 2. The third kappa shape index (κ3) is 3.93. The van der Waals surface area contributed by atoms with Crippen LogP contribution in [0.2, 0.25) is 0 Å². The van der Waals surface area contributed by atoms with Gasteiger partial charge in [-0.25, -0.2) is 4.98 Å². The molecule has 0 amide bonds. The molecule has 0 aromatic carbocycles. The summed E-state index contributed by atoms with van der Waals surface area (Å²) in [6.45, 7) is 8.31. The van der Waals surface area contributed by atoms with Gasteiger partial charge in [0.15, 0.2) is 0 Å². The van der Waals surface area contributed by atoms with Crippen molar-refractivity contribution in [2.24, 2.45) is 0 Å². The molecule has 3 N–H and O–H groups in total. The zero-order valence-corrected chi connectivity index (χ0v) is 14.6. The average Bonchev–Trinajstić information content (AvgIpc) is 3.04. The molecular weight excluding hydrogens is 302 g/mol. The van der Waals surface area contributed by atoms with E-state index in [4.69, 9.17) is 5.73 Å². The Balaban J connectivity index is 2.02. The fourth-order valence-corrected chi connectivity index (χ4v) is 3.38. The smallest absolute Gasteiger partial charge is 0.148 e. The van der Waals surface area contributed by atoms with Gasteiger partial charge < -0.3 is 16.0 Å². The van der Waals surface area contributed by atoms with Crippen molar-refractivity contribution in [3.8, 4) is 11.3 Å². The van der Waals surface area contributed by atoms with Gasteiger partial charge in [0.1, 0.15) is 10.8 Å². The quantitative estimate of drug-likeness (QED) is 0.817. The van der Waals surface area contributed by atoms with Crippen LogP contribution in [0.4, 0.5) is 10.8 Å². The fraction of sp³-hybridized carbons (Fsp3) is 0.571. The SMILES string of the molecule is CCC(C)N(C)CCNc1snc(N)c1-c1csc(C)n1. The van der Waals surface area contributed by atoms with Crippen LogP contribution in [0.1, 0.15) is 25.3 Å². The number of likely N-dealkylation sites (N-methyl/N-ethyl adjacent to an activating group) is 1. The van der Waals surface area contributed by atoms with Crippen molar-refractivity contribution in [1.29, 1.82) is 0 Å². The molecule has 0 saturated heterocycles. The molecule has 116 valence electrons. The molecule has 0 radical (unpaired) electrons. The van der Waals surface area contributed by atoms with Crippen molar-refractivity contribution in [1.82, 2.24) is 14.3 Å². The van der Waals surface area contributed by atoms with E-state index in [1.54, 1.807) is 11.3 Å². The molecule has 1 atom stereocenters. The summed E-state index contributed by atoms with van der Waals surface area (Å²) in [5, 5.41) is 7.53. The van der Waals surface area contributed by atoms with E-state index in [1.807, 2.05) is 12.3 Å². The van der Waals surface area contributed by atoms with Crippen molar-refractivity contribution < 1.29 is 0 Å². The summed E-state index contributed by atoms with van der Waals surface area (Å²) in [6.07, 6.45) is 1.16. The van der Waals surface area contributed by atoms with E-state index in [0.717, 1.165) is 40.8 Å². The van der Waals surface area contributed by atoms with E-state index < -0.39 is 0 Å². The van der Waals surface area contributed by atoms with Gasteiger partial charge >= 0.3 is 0 Å². The molecule has 0 saturated carbocycles. The highest BCUT2D eigenvalue weighted by Crippen LogP contribution is 2.36. The number of hydrogen-bond acceptors (Lipinski definition) is 7. The van der Waals surface area contributed by atoms with E-state index in [2.05, 4.69) is 40.5 Å². The van der Waals surface area contributed by atoms with Crippen molar-refractivity contribution >= 4 is 33.7 Å². The summed E-state index contributed by atoms with van der Waals surface area (Å²) in [4.78, 5) is 6.87. The highest BCUT2D eigenvalue weighted by atomic mass is 32.1. The summed E-state index contributed by atoms with van der Waals surface area (Å²) in [5.74, 6) is 0.558. The monoisotopic (exact) mass is 325 g/mol. The van der Waals surface area contributed by atoms with Crippen LogP contribution in [0, 0.1) is 6.92 Å². The van der Waals surface area contributed by atoms with Crippen LogP contribution in [0.5, 0.6) is 0 Å². The third-order valence-corrected chi connectivity index (χ3v) is 5.28. The maximum Gasteiger partial charge on any atom is 0.148 e. The predicted octanol–water partition coefficient (Wildman–Crippen LogP) is 3.30. The molecule has 0 bridgehead atoms. The highest BCUT2D eigenvalue weighted by Gasteiger charge is 2.16. The second-order valence-electron chi connectivity index (χ2n) is 5.19. The maximum absolute atomic E-state index is 6.00. The molecular formula is C14H23N5S2. The Morgan fingerprint density at radius 3 is 2.86 bits per heavy atom. The number of nitrogen functional groups attached to an aromatic ring is 1. The predicted molar refractivity (Wildman–Crippen MR) is 93.2 cm³/mol. The number of nitrogens with one attached hydrogen (secondary N) is 1. The molecule has 2 aromatic heterocycles. The maximum atomic E-state index is 6.00. The van der Waals surface area contributed by atoms with Gasteiger partial charge in [-0.2, -0.15) is 4.37 Å². The van der Waals surface area contributed by atoms with Crippen LogP contribution in [0.3, 0.4) is 0 Å². The first-order valence-corrected chi connectivity index (χ1v) is 8.80. The molecule has 5 nitrogen and oxygen atoms in total.